The lowest BCUT2D eigenvalue weighted by atomic mass is 9.92. The van der Waals surface area contributed by atoms with Crippen LogP contribution in [0.1, 0.15) is 58.8 Å². The van der Waals surface area contributed by atoms with Crippen molar-refractivity contribution in [2.45, 2.75) is 70.9 Å². The molecule has 5 nitrogen and oxygen atoms in total. The molecule has 0 bridgehead atoms. The van der Waals surface area contributed by atoms with E-state index >= 15 is 0 Å². The van der Waals surface area contributed by atoms with Crippen molar-refractivity contribution < 1.29 is 14.7 Å². The number of nitrogens with zero attached hydrogens (tertiary/aromatic N) is 2. The van der Waals surface area contributed by atoms with Gasteiger partial charge in [-0.15, -0.1) is 0 Å². The maximum absolute atomic E-state index is 12.9. The smallest absolute Gasteiger partial charge is 0.320 e. The van der Waals surface area contributed by atoms with Crippen LogP contribution in [-0.2, 0) is 4.79 Å². The molecule has 0 aromatic carbocycles. The summed E-state index contributed by atoms with van der Waals surface area (Å²) in [4.78, 5) is 27.6. The van der Waals surface area contributed by atoms with E-state index < -0.39 is 5.97 Å². The minimum absolute atomic E-state index is 0.104. The van der Waals surface area contributed by atoms with Gasteiger partial charge in [0.15, 0.2) is 0 Å². The molecule has 0 aromatic heterocycles. The number of urea groups is 1. The third-order valence-electron chi connectivity index (χ3n) is 5.18. The highest BCUT2D eigenvalue weighted by molar-refractivity contribution is 5.75. The average molecular weight is 296 g/mol. The van der Waals surface area contributed by atoms with E-state index in [9.17, 15) is 9.59 Å². The SMILES string of the molecule is CC1CCCN(C(=O)N2CCCCC2CCC(=O)O)C1C. The molecule has 2 saturated heterocycles. The van der Waals surface area contributed by atoms with Crippen LogP contribution in [0.5, 0.6) is 0 Å². The maximum atomic E-state index is 12.9. The van der Waals surface area contributed by atoms with Crippen molar-refractivity contribution in [1.82, 2.24) is 9.80 Å². The third-order valence-corrected chi connectivity index (χ3v) is 5.18. The van der Waals surface area contributed by atoms with Crippen molar-refractivity contribution in [3.05, 3.63) is 0 Å². The molecule has 2 aliphatic rings. The molecule has 0 aliphatic carbocycles. The Hall–Kier alpha value is -1.26. The number of rotatable bonds is 3. The monoisotopic (exact) mass is 296 g/mol. The molecule has 21 heavy (non-hydrogen) atoms. The van der Waals surface area contributed by atoms with E-state index in [1.165, 1.54) is 6.42 Å². The summed E-state index contributed by atoms with van der Waals surface area (Å²) in [5, 5.41) is 8.88. The molecule has 0 radical (unpaired) electrons. The van der Waals surface area contributed by atoms with Crippen LogP contribution in [0.4, 0.5) is 4.79 Å². The van der Waals surface area contributed by atoms with Gasteiger partial charge in [0, 0.05) is 31.6 Å². The zero-order chi connectivity index (χ0) is 15.4. The molecular weight excluding hydrogens is 268 g/mol. The number of carbonyl (C=O) groups is 2. The molecule has 120 valence electrons. The third kappa shape index (κ3) is 3.89. The second-order valence-electron chi connectivity index (χ2n) is 6.61. The van der Waals surface area contributed by atoms with Gasteiger partial charge in [-0.2, -0.15) is 0 Å². The quantitative estimate of drug-likeness (QED) is 0.871. The molecule has 2 amide bonds. The Morgan fingerprint density at radius 1 is 1.05 bits per heavy atom. The first-order valence-electron chi connectivity index (χ1n) is 8.29. The molecule has 2 fully saturated rings. The fourth-order valence-corrected chi connectivity index (χ4v) is 3.61. The number of hydrogen-bond donors (Lipinski definition) is 1. The molecule has 0 spiro atoms. The molecule has 3 unspecified atom stereocenters. The number of piperidine rings is 2. The van der Waals surface area contributed by atoms with Crippen LogP contribution >= 0.6 is 0 Å². The van der Waals surface area contributed by atoms with Gasteiger partial charge in [0.05, 0.1) is 0 Å². The Labute approximate surface area is 127 Å². The Bertz CT molecular complexity index is 386. The van der Waals surface area contributed by atoms with Gasteiger partial charge < -0.3 is 14.9 Å². The minimum Gasteiger partial charge on any atom is -0.481 e. The molecule has 2 rings (SSSR count). The van der Waals surface area contributed by atoms with Gasteiger partial charge in [-0.1, -0.05) is 6.92 Å². The van der Waals surface area contributed by atoms with Crippen LogP contribution in [0.3, 0.4) is 0 Å². The van der Waals surface area contributed by atoms with Crippen molar-refractivity contribution in [2.75, 3.05) is 13.1 Å². The van der Waals surface area contributed by atoms with E-state index in [1.807, 2.05) is 9.80 Å². The van der Waals surface area contributed by atoms with Crippen molar-refractivity contribution >= 4 is 12.0 Å². The number of hydrogen-bond acceptors (Lipinski definition) is 2. The predicted octanol–water partition coefficient (Wildman–Crippen LogP) is 2.95. The lowest BCUT2D eigenvalue weighted by Crippen LogP contribution is -2.55. The summed E-state index contributed by atoms with van der Waals surface area (Å²) in [6.07, 6.45) is 6.07. The number of carbonyl (C=O) groups excluding carboxylic acids is 1. The zero-order valence-corrected chi connectivity index (χ0v) is 13.3. The van der Waals surface area contributed by atoms with Crippen molar-refractivity contribution in [2.24, 2.45) is 5.92 Å². The molecule has 1 N–H and O–H groups in total. The fourth-order valence-electron chi connectivity index (χ4n) is 3.61. The van der Waals surface area contributed by atoms with Crippen molar-refractivity contribution in [1.29, 1.82) is 0 Å². The van der Waals surface area contributed by atoms with Gasteiger partial charge >= 0.3 is 12.0 Å². The van der Waals surface area contributed by atoms with Crippen molar-refractivity contribution in [3.63, 3.8) is 0 Å². The molecule has 2 heterocycles. The van der Waals surface area contributed by atoms with Gasteiger partial charge in [0.2, 0.25) is 0 Å². The Morgan fingerprint density at radius 2 is 1.76 bits per heavy atom. The second kappa shape index (κ2) is 7.14. The first-order chi connectivity index (χ1) is 10.0. The van der Waals surface area contributed by atoms with Crippen LogP contribution in [0.15, 0.2) is 0 Å². The van der Waals surface area contributed by atoms with Crippen LogP contribution < -0.4 is 0 Å². The summed E-state index contributed by atoms with van der Waals surface area (Å²) in [7, 11) is 0. The predicted molar refractivity (Wildman–Crippen MR) is 81.2 cm³/mol. The topological polar surface area (TPSA) is 60.9 Å². The van der Waals surface area contributed by atoms with Crippen LogP contribution in [0.2, 0.25) is 0 Å². The summed E-state index contributed by atoms with van der Waals surface area (Å²) in [6.45, 7) is 5.97. The fraction of sp³-hybridized carbons (Fsp3) is 0.875. The first-order valence-corrected chi connectivity index (χ1v) is 8.29. The van der Waals surface area contributed by atoms with E-state index in [1.54, 1.807) is 0 Å². The molecular formula is C16H28N2O3. The summed E-state index contributed by atoms with van der Waals surface area (Å²) in [5.41, 5.74) is 0. The maximum Gasteiger partial charge on any atom is 0.320 e. The highest BCUT2D eigenvalue weighted by atomic mass is 16.4. The first kappa shape index (κ1) is 16.1. The largest absolute Gasteiger partial charge is 0.481 e. The Morgan fingerprint density at radius 3 is 2.48 bits per heavy atom. The van der Waals surface area contributed by atoms with Gasteiger partial charge in [0.25, 0.3) is 0 Å². The number of carboxylic acid groups (broad SMARTS) is 1. The van der Waals surface area contributed by atoms with E-state index in [0.717, 1.165) is 38.8 Å². The standard InChI is InChI=1S/C16H28N2O3/c1-12-6-5-11-17(13(12)2)16(21)18-10-4-3-7-14(18)8-9-15(19)20/h12-14H,3-11H2,1-2H3,(H,19,20). The number of aliphatic carboxylic acids is 1. The van der Waals surface area contributed by atoms with Crippen LogP contribution in [0, 0.1) is 5.92 Å². The normalized spacial score (nSPS) is 30.3. The van der Waals surface area contributed by atoms with Gasteiger partial charge in [-0.25, -0.2) is 4.79 Å². The highest BCUT2D eigenvalue weighted by Crippen LogP contribution is 2.27. The minimum atomic E-state index is -0.770. The van der Waals surface area contributed by atoms with Gasteiger partial charge in [-0.3, -0.25) is 4.79 Å². The summed E-state index contributed by atoms with van der Waals surface area (Å²) in [5.74, 6) is -0.224. The van der Waals surface area contributed by atoms with E-state index in [2.05, 4.69) is 13.8 Å². The number of likely N-dealkylation sites (tertiary alicyclic amines) is 2. The lowest BCUT2D eigenvalue weighted by molar-refractivity contribution is -0.137. The van der Waals surface area contributed by atoms with E-state index in [4.69, 9.17) is 5.11 Å². The number of amides is 2. The van der Waals surface area contributed by atoms with Crippen LogP contribution in [-0.4, -0.2) is 52.1 Å². The van der Waals surface area contributed by atoms with Gasteiger partial charge in [-0.05, 0) is 51.4 Å². The Kier molecular flexibility index (Phi) is 5.48. The molecule has 5 heteroatoms. The average Bonchev–Trinajstić information content (AvgIpc) is 2.47. The molecule has 2 aliphatic heterocycles. The molecule has 3 atom stereocenters. The van der Waals surface area contributed by atoms with Crippen LogP contribution in [0.25, 0.3) is 0 Å². The molecule has 0 aromatic rings. The molecule has 0 saturated carbocycles. The van der Waals surface area contributed by atoms with E-state index in [0.29, 0.717) is 12.3 Å². The zero-order valence-electron chi connectivity index (χ0n) is 13.3. The second-order valence-corrected chi connectivity index (χ2v) is 6.61. The summed E-state index contributed by atoms with van der Waals surface area (Å²) in [6, 6.07) is 0.518. The number of carboxylic acids is 1. The van der Waals surface area contributed by atoms with Gasteiger partial charge in [0.1, 0.15) is 0 Å². The van der Waals surface area contributed by atoms with E-state index in [-0.39, 0.29) is 24.5 Å². The highest BCUT2D eigenvalue weighted by Gasteiger charge is 2.35. The lowest BCUT2D eigenvalue weighted by Gasteiger charge is -2.44. The summed E-state index contributed by atoms with van der Waals surface area (Å²) < 4.78 is 0. The van der Waals surface area contributed by atoms with Crippen molar-refractivity contribution in [3.8, 4) is 0 Å². The Balaban J connectivity index is 2.02. The summed E-state index contributed by atoms with van der Waals surface area (Å²) >= 11 is 0.